The van der Waals surface area contributed by atoms with Gasteiger partial charge in [0, 0.05) is 118 Å². The van der Waals surface area contributed by atoms with E-state index in [1.165, 1.54) is 35.5 Å². The third-order valence-corrected chi connectivity index (χ3v) is 21.0. The molecule has 0 aromatic heterocycles. The number of piperidine rings is 1. The molecular weight excluding hydrogens is 1220 g/mol. The molecular formula is C64H73F5N8O9S3. The van der Waals surface area contributed by atoms with E-state index in [1.54, 1.807) is 24.3 Å². The third-order valence-electron chi connectivity index (χ3n) is 16.9. The Morgan fingerprint density at radius 2 is 1.51 bits per heavy atom. The number of thioether (sulfide) groups is 1. The molecule has 17 nitrogen and oxygen atoms in total. The van der Waals surface area contributed by atoms with E-state index in [0.717, 1.165) is 58.0 Å². The Morgan fingerprint density at radius 1 is 0.820 bits per heavy atom. The summed E-state index contributed by atoms with van der Waals surface area (Å²) in [7, 11) is -11.1. The first-order valence-electron chi connectivity index (χ1n) is 29.8. The number of nitrogens with one attached hydrogen (secondary N) is 3. The number of benzene rings is 4. The van der Waals surface area contributed by atoms with Crippen molar-refractivity contribution < 1.29 is 62.8 Å². The van der Waals surface area contributed by atoms with Crippen molar-refractivity contribution in [3.8, 4) is 11.8 Å². The molecule has 4 heterocycles. The highest BCUT2D eigenvalue weighted by Gasteiger charge is 2.49. The topological polar surface area (TPSA) is 206 Å². The van der Waals surface area contributed by atoms with Crippen molar-refractivity contribution in [2.24, 2.45) is 5.41 Å². The molecule has 4 aromatic rings. The number of amides is 5. The van der Waals surface area contributed by atoms with Crippen LogP contribution in [0.4, 0.5) is 33.3 Å². The van der Waals surface area contributed by atoms with Crippen molar-refractivity contribution in [3.63, 3.8) is 0 Å². The molecule has 3 fully saturated rings. The van der Waals surface area contributed by atoms with Crippen LogP contribution >= 0.6 is 11.8 Å². The number of fused-ring (bicyclic) bond motifs is 1. The monoisotopic (exact) mass is 1290 g/mol. The minimum atomic E-state index is -6.16. The maximum Gasteiger partial charge on any atom is 0.501 e. The van der Waals surface area contributed by atoms with Crippen LogP contribution in [0.3, 0.4) is 0 Å². The van der Waals surface area contributed by atoms with Gasteiger partial charge in [0.15, 0.2) is 0 Å². The lowest BCUT2D eigenvalue weighted by Gasteiger charge is -2.39. The number of imide groups is 2. The van der Waals surface area contributed by atoms with E-state index in [2.05, 4.69) is 62.5 Å². The molecule has 3 N–H and O–H groups in total. The molecule has 2 atom stereocenters. The average Bonchev–Trinajstić information content (AvgIpc) is 1.80. The van der Waals surface area contributed by atoms with Gasteiger partial charge in [-0.3, -0.25) is 39.1 Å². The predicted molar refractivity (Wildman–Crippen MR) is 330 cm³/mol. The van der Waals surface area contributed by atoms with Crippen molar-refractivity contribution in [2.45, 2.75) is 117 Å². The van der Waals surface area contributed by atoms with E-state index >= 15 is 0 Å². The highest BCUT2D eigenvalue weighted by Crippen LogP contribution is 2.43. The summed E-state index contributed by atoms with van der Waals surface area (Å²) in [6, 6.07) is 20.8. The lowest BCUT2D eigenvalue weighted by Crippen LogP contribution is -2.54. The molecule has 0 bridgehead atoms. The summed E-state index contributed by atoms with van der Waals surface area (Å²) in [6.07, 6.45) is 1.86. The first-order valence-corrected chi connectivity index (χ1v) is 33.7. The minimum absolute atomic E-state index is 0.00614. The van der Waals surface area contributed by atoms with Crippen LogP contribution in [-0.4, -0.2) is 168 Å². The second-order valence-corrected chi connectivity index (χ2v) is 28.5. The van der Waals surface area contributed by atoms with Crippen molar-refractivity contribution in [1.82, 2.24) is 29.6 Å². The highest BCUT2D eigenvalue weighted by atomic mass is 32.2. The van der Waals surface area contributed by atoms with Gasteiger partial charge < -0.3 is 20.0 Å². The van der Waals surface area contributed by atoms with Gasteiger partial charge in [0.1, 0.15) is 10.9 Å². The molecule has 89 heavy (non-hydrogen) atoms. The van der Waals surface area contributed by atoms with Crippen LogP contribution in [0.1, 0.15) is 115 Å². The van der Waals surface area contributed by atoms with Crippen LogP contribution in [0.2, 0.25) is 0 Å². The molecule has 0 saturated carbocycles. The van der Waals surface area contributed by atoms with Crippen LogP contribution < -0.4 is 20.3 Å². The number of halogens is 5. The molecule has 4 aliphatic heterocycles. The molecule has 1 unspecified atom stereocenters. The molecule has 9 rings (SSSR count). The summed E-state index contributed by atoms with van der Waals surface area (Å²) in [5.41, 5.74) is -1.76. The first-order chi connectivity index (χ1) is 42.3. The Hall–Kier alpha value is -6.95. The number of anilines is 2. The van der Waals surface area contributed by atoms with Crippen LogP contribution in [-0.2, 0) is 29.4 Å². The van der Waals surface area contributed by atoms with Gasteiger partial charge in [-0.05, 0) is 129 Å². The van der Waals surface area contributed by atoms with E-state index in [-0.39, 0.29) is 47.8 Å². The smallest absolute Gasteiger partial charge is 0.380 e. The highest BCUT2D eigenvalue weighted by molar-refractivity contribution is 7.99. The minimum Gasteiger partial charge on any atom is -0.380 e. The summed E-state index contributed by atoms with van der Waals surface area (Å²) in [4.78, 5) is 73.0. The molecule has 1 aliphatic carbocycles. The number of allylic oxidation sites excluding steroid dienone is 2. The fourth-order valence-electron chi connectivity index (χ4n) is 11.8. The fraction of sp³-hybridized carbons (Fsp3) is 0.453. The van der Waals surface area contributed by atoms with Crippen molar-refractivity contribution in [2.75, 3.05) is 88.0 Å². The molecule has 0 spiro atoms. The quantitative estimate of drug-likeness (QED) is 0.0208. The Morgan fingerprint density at radius 3 is 2.18 bits per heavy atom. The van der Waals surface area contributed by atoms with Gasteiger partial charge >= 0.3 is 5.51 Å². The molecule has 4 aromatic carbocycles. The van der Waals surface area contributed by atoms with Crippen LogP contribution in [0.15, 0.2) is 129 Å². The number of sulfone groups is 1. The Labute approximate surface area is 520 Å². The standard InChI is InChI=1S/C64H73F5N8O9S3/c1-43(16-24-56(65)66)52-40-63(2,3)28-26-46(52)41-75-35-37-76(38-36-75)48-19-17-45(18-20-48)59(79)72-89(85,86)50-21-22-53(55(39-50)88(83,84)64(67,68)69)70-47(42-87-49-13-7-4-8-14-49)27-30-74-33-31-73(32-34-74)29-9-5-6-11-44-12-10-15-51-58(44)62(82)77(61(51)81)54-23-25-57(78)71-60(54)80/h4,7-8,10,12-15,17-22,39,47,54,56,70H,1,5,9,16,23-38,40-42H2,2-3H3,(H,72,79)(H,71,78,80)/t47-,54?/m1/s1. The van der Waals surface area contributed by atoms with E-state index in [0.29, 0.717) is 109 Å². The molecule has 476 valence electrons. The van der Waals surface area contributed by atoms with E-state index in [9.17, 15) is 62.8 Å². The van der Waals surface area contributed by atoms with Gasteiger partial charge in [0.2, 0.25) is 18.2 Å². The zero-order chi connectivity index (χ0) is 63.8. The number of hydrogen-bond acceptors (Lipinski definition) is 15. The second kappa shape index (κ2) is 28.5. The summed E-state index contributed by atoms with van der Waals surface area (Å²) in [5.74, 6) is 2.94. The number of carbonyl (C=O) groups is 5. The fourth-order valence-corrected chi connectivity index (χ4v) is 14.8. The molecule has 0 radical (unpaired) electrons. The predicted octanol–water partition coefficient (Wildman–Crippen LogP) is 9.14. The van der Waals surface area contributed by atoms with Gasteiger partial charge in [-0.1, -0.05) is 67.7 Å². The Balaban J connectivity index is 0.794. The molecule has 25 heteroatoms. The maximum atomic E-state index is 14.5. The first kappa shape index (κ1) is 66.5. The van der Waals surface area contributed by atoms with E-state index < -0.39 is 88.9 Å². The Kier molecular flexibility index (Phi) is 21.3. The number of piperazine rings is 2. The summed E-state index contributed by atoms with van der Waals surface area (Å²) < 4.78 is 126. The largest absolute Gasteiger partial charge is 0.501 e. The lowest BCUT2D eigenvalue weighted by atomic mass is 9.72. The number of carbonyl (C=O) groups excluding carboxylic acids is 5. The zero-order valence-corrected chi connectivity index (χ0v) is 52.1. The van der Waals surface area contributed by atoms with Gasteiger partial charge in [-0.15, -0.1) is 11.8 Å². The van der Waals surface area contributed by atoms with Crippen LogP contribution in [0.25, 0.3) is 0 Å². The number of rotatable bonds is 23. The molecule has 5 amide bonds. The third kappa shape index (κ3) is 16.5. The number of alkyl halides is 5. The normalized spacial score (nSPS) is 19.2. The molecule has 3 saturated heterocycles. The number of hydrogen-bond donors (Lipinski definition) is 3. The van der Waals surface area contributed by atoms with Gasteiger partial charge in [-0.2, -0.15) is 13.2 Å². The second-order valence-electron chi connectivity index (χ2n) is 23.8. The van der Waals surface area contributed by atoms with Gasteiger partial charge in [-0.25, -0.2) is 30.3 Å². The van der Waals surface area contributed by atoms with E-state index in [4.69, 9.17) is 0 Å². The zero-order valence-electron chi connectivity index (χ0n) is 49.7. The van der Waals surface area contributed by atoms with Crippen LogP contribution in [0.5, 0.6) is 0 Å². The Bertz CT molecular complexity index is 3650. The van der Waals surface area contributed by atoms with E-state index in [1.807, 2.05) is 35.1 Å². The van der Waals surface area contributed by atoms with Gasteiger partial charge in [0.25, 0.3) is 37.6 Å². The summed E-state index contributed by atoms with van der Waals surface area (Å²) in [6.45, 7) is 15.8. The van der Waals surface area contributed by atoms with Crippen molar-refractivity contribution >= 4 is 72.5 Å². The maximum absolute atomic E-state index is 14.5. The van der Waals surface area contributed by atoms with Crippen LogP contribution in [0, 0.1) is 17.3 Å². The lowest BCUT2D eigenvalue weighted by molar-refractivity contribution is -0.136. The van der Waals surface area contributed by atoms with Crippen molar-refractivity contribution in [1.29, 1.82) is 0 Å². The van der Waals surface area contributed by atoms with Gasteiger partial charge in [0.05, 0.1) is 21.7 Å². The number of unbranched alkanes of at least 4 members (excludes halogenated alkanes) is 1. The van der Waals surface area contributed by atoms with Crippen molar-refractivity contribution in [3.05, 3.63) is 137 Å². The summed E-state index contributed by atoms with van der Waals surface area (Å²) >= 11 is 1.41. The number of sulfonamides is 1. The molecule has 5 aliphatic rings. The average molecular weight is 1290 g/mol. The SMILES string of the molecule is C=C(CCC(F)F)C1=C(CN2CCN(c3ccc(C(=O)NS(=O)(=O)c4ccc(N[C@H](CCN5CCN(CCCC#Cc6cccc7c6C(=O)N(C6CCC(=O)NC6=O)C7=O)CC5)CSc5ccccc5)c(S(=O)(=O)C(F)(F)F)c4)cc3)CC2)CCC(C)(C)C1. The summed E-state index contributed by atoms with van der Waals surface area (Å²) in [5, 5.41) is 5.21. The number of nitrogens with zero attached hydrogens (tertiary/aromatic N) is 5.